The largest absolute Gasteiger partial charge is 0.508 e. The number of rotatable bonds is 4. The molecule has 0 aliphatic carbocycles. The zero-order valence-corrected chi connectivity index (χ0v) is 10.5. The Bertz CT molecular complexity index is 594. The van der Waals surface area contributed by atoms with Crippen molar-refractivity contribution in [2.45, 2.75) is 20.0 Å². The zero-order valence-electron chi connectivity index (χ0n) is 10.5. The standard InChI is InChI=1S/C12H15N5O2/c1-2-17-7-15-16-11(17)6-14-12(19)9-5-8(18)3-4-10(9)13/h3-5,7,18H,2,6,13H2,1H3,(H,14,19). The number of nitrogens with one attached hydrogen (secondary N) is 1. The van der Waals surface area contributed by atoms with Gasteiger partial charge in [0.2, 0.25) is 0 Å². The average Bonchev–Trinajstić information content (AvgIpc) is 2.86. The molecule has 0 saturated heterocycles. The molecule has 0 aliphatic rings. The molecule has 2 rings (SSSR count). The van der Waals surface area contributed by atoms with Gasteiger partial charge in [-0.3, -0.25) is 4.79 Å². The smallest absolute Gasteiger partial charge is 0.253 e. The number of nitrogens with two attached hydrogens (primary N) is 1. The molecule has 7 nitrogen and oxygen atoms in total. The number of anilines is 1. The molecule has 0 atom stereocenters. The van der Waals surface area contributed by atoms with Crippen molar-refractivity contribution in [1.29, 1.82) is 0 Å². The van der Waals surface area contributed by atoms with Gasteiger partial charge in [-0.05, 0) is 25.1 Å². The van der Waals surface area contributed by atoms with E-state index in [0.717, 1.165) is 6.54 Å². The fourth-order valence-corrected chi connectivity index (χ4v) is 1.68. The van der Waals surface area contributed by atoms with E-state index < -0.39 is 0 Å². The molecule has 0 bridgehead atoms. The first-order valence-electron chi connectivity index (χ1n) is 5.85. The van der Waals surface area contributed by atoms with Crippen LogP contribution >= 0.6 is 0 Å². The van der Waals surface area contributed by atoms with Crippen LogP contribution in [0.25, 0.3) is 0 Å². The van der Waals surface area contributed by atoms with Crippen LogP contribution < -0.4 is 11.1 Å². The van der Waals surface area contributed by atoms with Crippen LogP contribution in [0.2, 0.25) is 0 Å². The molecule has 1 aromatic carbocycles. The lowest BCUT2D eigenvalue weighted by atomic mass is 10.1. The quantitative estimate of drug-likeness (QED) is 0.549. The molecule has 1 aromatic heterocycles. The van der Waals surface area contributed by atoms with Gasteiger partial charge in [0.1, 0.15) is 12.1 Å². The van der Waals surface area contributed by atoms with Crippen molar-refractivity contribution in [3.63, 3.8) is 0 Å². The Morgan fingerprint density at radius 2 is 2.32 bits per heavy atom. The second-order valence-electron chi connectivity index (χ2n) is 3.99. The van der Waals surface area contributed by atoms with Crippen molar-refractivity contribution < 1.29 is 9.90 Å². The number of aromatic hydroxyl groups is 1. The second kappa shape index (κ2) is 5.38. The highest BCUT2D eigenvalue weighted by Crippen LogP contribution is 2.18. The van der Waals surface area contributed by atoms with Gasteiger partial charge in [-0.15, -0.1) is 10.2 Å². The summed E-state index contributed by atoms with van der Waals surface area (Å²) in [6, 6.07) is 4.24. The molecule has 0 fully saturated rings. The van der Waals surface area contributed by atoms with Crippen LogP contribution in [0.15, 0.2) is 24.5 Å². The number of phenols is 1. The van der Waals surface area contributed by atoms with Gasteiger partial charge in [0, 0.05) is 12.2 Å². The maximum absolute atomic E-state index is 12.0. The minimum absolute atomic E-state index is 0.00363. The van der Waals surface area contributed by atoms with E-state index in [-0.39, 0.29) is 23.8 Å². The summed E-state index contributed by atoms with van der Waals surface area (Å²) in [5.74, 6) is 0.296. The third kappa shape index (κ3) is 2.82. The summed E-state index contributed by atoms with van der Waals surface area (Å²) in [4.78, 5) is 12.0. The summed E-state index contributed by atoms with van der Waals surface area (Å²) in [7, 11) is 0. The number of aromatic nitrogens is 3. The Balaban J connectivity index is 2.07. The minimum atomic E-state index is -0.362. The molecule has 0 unspecified atom stereocenters. The molecule has 0 saturated carbocycles. The van der Waals surface area contributed by atoms with Gasteiger partial charge in [0.25, 0.3) is 5.91 Å². The van der Waals surface area contributed by atoms with Gasteiger partial charge in [-0.1, -0.05) is 0 Å². The van der Waals surface area contributed by atoms with E-state index in [1.54, 1.807) is 6.33 Å². The molecule has 4 N–H and O–H groups in total. The predicted octanol–water partition coefficient (Wildman–Crippen LogP) is 0.516. The molecule has 0 radical (unpaired) electrons. The third-order valence-electron chi connectivity index (χ3n) is 2.72. The van der Waals surface area contributed by atoms with E-state index in [0.29, 0.717) is 11.5 Å². The first-order valence-corrected chi connectivity index (χ1v) is 5.85. The fraction of sp³-hybridized carbons (Fsp3) is 0.250. The van der Waals surface area contributed by atoms with Crippen LogP contribution in [-0.2, 0) is 13.1 Å². The summed E-state index contributed by atoms with van der Waals surface area (Å²) in [5, 5.41) is 19.7. The summed E-state index contributed by atoms with van der Waals surface area (Å²) in [5.41, 5.74) is 6.24. The minimum Gasteiger partial charge on any atom is -0.508 e. The van der Waals surface area contributed by atoms with Gasteiger partial charge >= 0.3 is 0 Å². The van der Waals surface area contributed by atoms with Crippen molar-refractivity contribution in [1.82, 2.24) is 20.1 Å². The predicted molar refractivity (Wildman–Crippen MR) is 69.4 cm³/mol. The zero-order chi connectivity index (χ0) is 13.8. The molecule has 2 aromatic rings. The Morgan fingerprint density at radius 3 is 3.05 bits per heavy atom. The molecule has 1 amide bonds. The maximum Gasteiger partial charge on any atom is 0.253 e. The van der Waals surface area contributed by atoms with Crippen molar-refractivity contribution in [2.75, 3.05) is 5.73 Å². The number of carbonyl (C=O) groups excluding carboxylic acids is 1. The summed E-state index contributed by atoms with van der Waals surface area (Å²) < 4.78 is 1.83. The fourth-order valence-electron chi connectivity index (χ4n) is 1.68. The molecule has 0 aliphatic heterocycles. The van der Waals surface area contributed by atoms with Crippen LogP contribution in [0.3, 0.4) is 0 Å². The van der Waals surface area contributed by atoms with Gasteiger partial charge in [-0.2, -0.15) is 0 Å². The van der Waals surface area contributed by atoms with Crippen LogP contribution in [0.1, 0.15) is 23.1 Å². The van der Waals surface area contributed by atoms with Crippen molar-refractivity contribution in [3.05, 3.63) is 35.9 Å². The van der Waals surface area contributed by atoms with Crippen molar-refractivity contribution >= 4 is 11.6 Å². The number of carbonyl (C=O) groups is 1. The lowest BCUT2D eigenvalue weighted by Crippen LogP contribution is -2.25. The molecule has 1 heterocycles. The Kier molecular flexibility index (Phi) is 3.65. The van der Waals surface area contributed by atoms with E-state index in [2.05, 4.69) is 15.5 Å². The number of amides is 1. The number of hydrogen-bond donors (Lipinski definition) is 3. The normalized spacial score (nSPS) is 10.4. The van der Waals surface area contributed by atoms with Crippen LogP contribution in [-0.4, -0.2) is 25.8 Å². The first-order chi connectivity index (χ1) is 9.11. The molecule has 100 valence electrons. The third-order valence-corrected chi connectivity index (χ3v) is 2.72. The molecular formula is C12H15N5O2. The van der Waals surface area contributed by atoms with Gasteiger partial charge in [0.15, 0.2) is 5.82 Å². The number of hydrogen-bond acceptors (Lipinski definition) is 5. The number of phenolic OH excluding ortho intramolecular Hbond substituents is 1. The second-order valence-corrected chi connectivity index (χ2v) is 3.99. The van der Waals surface area contributed by atoms with E-state index in [1.807, 2.05) is 11.5 Å². The van der Waals surface area contributed by atoms with Gasteiger partial charge < -0.3 is 20.7 Å². The van der Waals surface area contributed by atoms with E-state index in [9.17, 15) is 9.90 Å². The Morgan fingerprint density at radius 1 is 1.53 bits per heavy atom. The van der Waals surface area contributed by atoms with E-state index in [4.69, 9.17) is 5.73 Å². The first kappa shape index (κ1) is 12.9. The average molecular weight is 261 g/mol. The highest BCUT2D eigenvalue weighted by molar-refractivity contribution is 5.99. The van der Waals surface area contributed by atoms with E-state index in [1.165, 1.54) is 18.2 Å². The topological polar surface area (TPSA) is 106 Å². The van der Waals surface area contributed by atoms with Crippen molar-refractivity contribution in [3.8, 4) is 5.75 Å². The van der Waals surface area contributed by atoms with Crippen LogP contribution in [0.4, 0.5) is 5.69 Å². The Hall–Kier alpha value is -2.57. The monoisotopic (exact) mass is 261 g/mol. The summed E-state index contributed by atoms with van der Waals surface area (Å²) in [6.45, 7) is 2.94. The highest BCUT2D eigenvalue weighted by atomic mass is 16.3. The molecule has 7 heteroatoms. The Labute approximate surface area is 110 Å². The lowest BCUT2D eigenvalue weighted by Gasteiger charge is -2.08. The SMILES string of the molecule is CCn1cnnc1CNC(=O)c1cc(O)ccc1N. The van der Waals surface area contributed by atoms with Crippen LogP contribution in [0.5, 0.6) is 5.75 Å². The summed E-state index contributed by atoms with van der Waals surface area (Å²) >= 11 is 0. The number of aryl methyl sites for hydroxylation is 1. The van der Waals surface area contributed by atoms with Crippen LogP contribution in [0, 0.1) is 0 Å². The lowest BCUT2D eigenvalue weighted by molar-refractivity contribution is 0.0950. The van der Waals surface area contributed by atoms with Gasteiger partial charge in [0.05, 0.1) is 12.1 Å². The number of benzene rings is 1. The van der Waals surface area contributed by atoms with E-state index >= 15 is 0 Å². The number of nitrogens with zero attached hydrogens (tertiary/aromatic N) is 3. The highest BCUT2D eigenvalue weighted by Gasteiger charge is 2.11. The number of nitrogen functional groups attached to an aromatic ring is 1. The molecule has 19 heavy (non-hydrogen) atoms. The molecule has 0 spiro atoms. The molecular weight excluding hydrogens is 246 g/mol. The maximum atomic E-state index is 12.0. The van der Waals surface area contributed by atoms with Crippen molar-refractivity contribution in [2.24, 2.45) is 0 Å². The summed E-state index contributed by atoms with van der Waals surface area (Å²) in [6.07, 6.45) is 1.60. The van der Waals surface area contributed by atoms with Gasteiger partial charge in [-0.25, -0.2) is 0 Å².